The molecular formula is C23H18Cl2N2O4. The van der Waals surface area contributed by atoms with Crippen molar-refractivity contribution in [2.45, 2.75) is 6.10 Å². The number of rotatable bonds is 5. The number of nitrogens with one attached hydrogen (secondary N) is 2. The van der Waals surface area contributed by atoms with Gasteiger partial charge in [0.25, 0.3) is 11.8 Å². The quantitative estimate of drug-likeness (QED) is 0.577. The van der Waals surface area contributed by atoms with Crippen molar-refractivity contribution in [3.8, 4) is 11.5 Å². The molecule has 0 spiro atoms. The minimum atomic E-state index is -0.367. The van der Waals surface area contributed by atoms with Gasteiger partial charge in [-0.3, -0.25) is 9.59 Å². The van der Waals surface area contributed by atoms with Gasteiger partial charge in [-0.1, -0.05) is 35.3 Å². The lowest BCUT2D eigenvalue weighted by atomic mass is 10.1. The molecule has 0 saturated carbocycles. The van der Waals surface area contributed by atoms with Crippen molar-refractivity contribution in [3.63, 3.8) is 0 Å². The van der Waals surface area contributed by atoms with E-state index in [-0.39, 0.29) is 22.9 Å². The van der Waals surface area contributed by atoms with Gasteiger partial charge < -0.3 is 20.1 Å². The van der Waals surface area contributed by atoms with Crippen molar-refractivity contribution in [2.75, 3.05) is 18.5 Å². The smallest absolute Gasteiger partial charge is 0.257 e. The normalized spacial score (nSPS) is 14.6. The fourth-order valence-electron chi connectivity index (χ4n) is 3.05. The van der Waals surface area contributed by atoms with E-state index in [0.29, 0.717) is 46.5 Å². The van der Waals surface area contributed by atoms with Crippen LogP contribution in [-0.2, 0) is 0 Å². The number of carbonyl (C=O) groups is 2. The van der Waals surface area contributed by atoms with Crippen LogP contribution in [0.1, 0.15) is 20.7 Å². The molecule has 0 saturated heterocycles. The van der Waals surface area contributed by atoms with Crippen molar-refractivity contribution in [1.82, 2.24) is 5.32 Å². The van der Waals surface area contributed by atoms with Gasteiger partial charge in [-0.15, -0.1) is 0 Å². The number of ether oxygens (including phenoxy) is 2. The summed E-state index contributed by atoms with van der Waals surface area (Å²) in [6.45, 7) is 0.663. The van der Waals surface area contributed by atoms with Crippen LogP contribution < -0.4 is 20.1 Å². The third-order valence-electron chi connectivity index (χ3n) is 4.64. The van der Waals surface area contributed by atoms with Crippen LogP contribution in [0.4, 0.5) is 5.69 Å². The average Bonchev–Trinajstić information content (AvgIpc) is 2.77. The van der Waals surface area contributed by atoms with Crippen molar-refractivity contribution in [2.24, 2.45) is 0 Å². The molecule has 8 heteroatoms. The predicted octanol–water partition coefficient (Wildman–Crippen LogP) is 4.82. The van der Waals surface area contributed by atoms with Gasteiger partial charge in [-0.25, -0.2) is 0 Å². The standard InChI is InChI=1S/C23H18Cl2N2O4/c24-15-7-10-18(19(25)11-15)23(29)27-16-8-5-14(6-9-16)22(28)26-12-17-13-30-20-3-1-2-4-21(20)31-17/h1-11,17H,12-13H2,(H,26,28)(H,27,29)/t17-/m1/s1. The Hall–Kier alpha value is -3.22. The minimum Gasteiger partial charge on any atom is -0.486 e. The number of halogens is 2. The molecule has 0 aliphatic carbocycles. The fourth-order valence-corrected chi connectivity index (χ4v) is 3.54. The Morgan fingerprint density at radius 2 is 1.68 bits per heavy atom. The highest BCUT2D eigenvalue weighted by molar-refractivity contribution is 6.37. The lowest BCUT2D eigenvalue weighted by molar-refractivity contribution is 0.0789. The van der Waals surface area contributed by atoms with Gasteiger partial charge in [0.15, 0.2) is 11.5 Å². The Labute approximate surface area is 189 Å². The molecule has 0 fully saturated rings. The molecule has 158 valence electrons. The second-order valence-corrected chi connectivity index (χ2v) is 7.71. The number of para-hydroxylation sites is 2. The summed E-state index contributed by atoms with van der Waals surface area (Å²) < 4.78 is 11.5. The summed E-state index contributed by atoms with van der Waals surface area (Å²) in [6, 6.07) is 18.6. The van der Waals surface area contributed by atoms with Crippen LogP contribution in [-0.4, -0.2) is 31.1 Å². The molecular weight excluding hydrogens is 439 g/mol. The van der Waals surface area contributed by atoms with Crippen LogP contribution in [0.25, 0.3) is 0 Å². The van der Waals surface area contributed by atoms with Crippen molar-refractivity contribution >= 4 is 40.7 Å². The third-order valence-corrected chi connectivity index (χ3v) is 5.19. The minimum absolute atomic E-state index is 0.249. The first-order valence-electron chi connectivity index (χ1n) is 9.53. The van der Waals surface area contributed by atoms with E-state index in [1.807, 2.05) is 24.3 Å². The van der Waals surface area contributed by atoms with E-state index in [4.69, 9.17) is 32.7 Å². The Morgan fingerprint density at radius 3 is 2.42 bits per heavy atom. The molecule has 1 aliphatic rings. The first kappa shape index (κ1) is 21.0. The van der Waals surface area contributed by atoms with E-state index >= 15 is 0 Å². The largest absolute Gasteiger partial charge is 0.486 e. The van der Waals surface area contributed by atoms with Crippen molar-refractivity contribution < 1.29 is 19.1 Å². The molecule has 1 heterocycles. The van der Waals surface area contributed by atoms with E-state index in [1.54, 1.807) is 36.4 Å². The molecule has 2 amide bonds. The van der Waals surface area contributed by atoms with Gasteiger partial charge in [0.1, 0.15) is 12.7 Å². The monoisotopic (exact) mass is 456 g/mol. The Balaban J connectivity index is 1.31. The number of anilines is 1. The maximum Gasteiger partial charge on any atom is 0.257 e. The summed E-state index contributed by atoms with van der Waals surface area (Å²) in [5, 5.41) is 6.29. The second kappa shape index (κ2) is 9.29. The number of benzene rings is 3. The van der Waals surface area contributed by atoms with E-state index in [2.05, 4.69) is 10.6 Å². The predicted molar refractivity (Wildman–Crippen MR) is 120 cm³/mol. The maximum atomic E-state index is 12.4. The van der Waals surface area contributed by atoms with Gasteiger partial charge in [-0.05, 0) is 54.6 Å². The maximum absolute atomic E-state index is 12.4. The van der Waals surface area contributed by atoms with Gasteiger partial charge in [0.2, 0.25) is 0 Å². The third kappa shape index (κ3) is 5.10. The molecule has 2 N–H and O–H groups in total. The molecule has 3 aromatic rings. The summed E-state index contributed by atoms with van der Waals surface area (Å²) in [5.41, 5.74) is 1.30. The molecule has 4 rings (SSSR count). The van der Waals surface area contributed by atoms with Crippen molar-refractivity contribution in [3.05, 3.63) is 87.9 Å². The molecule has 6 nitrogen and oxygen atoms in total. The summed E-state index contributed by atoms with van der Waals surface area (Å²) in [4.78, 5) is 24.8. The van der Waals surface area contributed by atoms with E-state index in [0.717, 1.165) is 0 Å². The first-order chi connectivity index (χ1) is 15.0. The Bertz CT molecular complexity index is 1120. The summed E-state index contributed by atoms with van der Waals surface area (Å²) in [7, 11) is 0. The number of hydrogen-bond donors (Lipinski definition) is 2. The molecule has 3 aromatic carbocycles. The van der Waals surface area contributed by atoms with Crippen LogP contribution >= 0.6 is 23.2 Å². The highest BCUT2D eigenvalue weighted by Gasteiger charge is 2.21. The average molecular weight is 457 g/mol. The van der Waals surface area contributed by atoms with Gasteiger partial charge in [0, 0.05) is 16.3 Å². The number of hydrogen-bond acceptors (Lipinski definition) is 4. The van der Waals surface area contributed by atoms with Crippen LogP contribution in [0.3, 0.4) is 0 Å². The zero-order valence-electron chi connectivity index (χ0n) is 16.2. The van der Waals surface area contributed by atoms with Crippen LogP contribution in [0.5, 0.6) is 11.5 Å². The Morgan fingerprint density at radius 1 is 0.935 bits per heavy atom. The molecule has 0 radical (unpaired) electrons. The van der Waals surface area contributed by atoms with Crippen LogP contribution in [0.15, 0.2) is 66.7 Å². The summed E-state index contributed by atoms with van der Waals surface area (Å²) >= 11 is 11.9. The van der Waals surface area contributed by atoms with Gasteiger partial charge in [0.05, 0.1) is 17.1 Å². The number of fused-ring (bicyclic) bond motifs is 1. The highest BCUT2D eigenvalue weighted by Crippen LogP contribution is 2.30. The molecule has 1 aliphatic heterocycles. The number of carbonyl (C=O) groups excluding carboxylic acids is 2. The fraction of sp³-hybridized carbons (Fsp3) is 0.130. The summed E-state index contributed by atoms with van der Waals surface area (Å²) in [6.07, 6.45) is -0.276. The SMILES string of the molecule is O=C(NC[C@@H]1COc2ccccc2O1)c1ccc(NC(=O)c2ccc(Cl)cc2Cl)cc1. The lowest BCUT2D eigenvalue weighted by Crippen LogP contribution is -2.40. The number of amides is 2. The van der Waals surface area contributed by atoms with E-state index in [9.17, 15) is 9.59 Å². The Kier molecular flexibility index (Phi) is 6.30. The van der Waals surface area contributed by atoms with E-state index in [1.165, 1.54) is 6.07 Å². The van der Waals surface area contributed by atoms with Crippen molar-refractivity contribution in [1.29, 1.82) is 0 Å². The topological polar surface area (TPSA) is 76.7 Å². The van der Waals surface area contributed by atoms with Crippen LogP contribution in [0.2, 0.25) is 10.0 Å². The second-order valence-electron chi connectivity index (χ2n) is 6.86. The zero-order chi connectivity index (χ0) is 21.8. The summed E-state index contributed by atoms with van der Waals surface area (Å²) in [5.74, 6) is 0.742. The van der Waals surface area contributed by atoms with Gasteiger partial charge >= 0.3 is 0 Å². The van der Waals surface area contributed by atoms with Crippen LogP contribution in [0, 0.1) is 0 Å². The lowest BCUT2D eigenvalue weighted by Gasteiger charge is -2.26. The zero-order valence-corrected chi connectivity index (χ0v) is 17.7. The molecule has 1 atom stereocenters. The molecule has 0 unspecified atom stereocenters. The van der Waals surface area contributed by atoms with Gasteiger partial charge in [-0.2, -0.15) is 0 Å². The highest BCUT2D eigenvalue weighted by atomic mass is 35.5. The first-order valence-corrected chi connectivity index (χ1v) is 10.3. The molecule has 31 heavy (non-hydrogen) atoms. The molecule has 0 bridgehead atoms. The van der Waals surface area contributed by atoms with E-state index < -0.39 is 0 Å². The molecule has 0 aromatic heterocycles.